The number of rotatable bonds is 6. The summed E-state index contributed by atoms with van der Waals surface area (Å²) in [5.74, 6) is 0.959. The minimum atomic E-state index is -3.46. The van der Waals surface area contributed by atoms with Crippen molar-refractivity contribution in [2.24, 2.45) is 5.41 Å². The third kappa shape index (κ3) is 4.67. The van der Waals surface area contributed by atoms with Crippen molar-refractivity contribution in [2.45, 2.75) is 33.7 Å². The van der Waals surface area contributed by atoms with E-state index < -0.39 is 15.4 Å². The molecule has 7 nitrogen and oxygen atoms in total. The van der Waals surface area contributed by atoms with Crippen LogP contribution in [0.25, 0.3) is 0 Å². The minimum absolute atomic E-state index is 0.105. The second-order valence-corrected chi connectivity index (χ2v) is 9.47. The van der Waals surface area contributed by atoms with Gasteiger partial charge in [-0.25, -0.2) is 8.42 Å². The molecular formula is C18H28N2O5S. The second-order valence-electron chi connectivity index (χ2n) is 7.38. The Morgan fingerprint density at radius 3 is 2.27 bits per heavy atom. The Hall–Kier alpha value is -1.80. The number of sulfonamides is 1. The fourth-order valence-corrected chi connectivity index (χ4v) is 4.11. The lowest BCUT2D eigenvalue weighted by molar-refractivity contribution is -0.128. The molecule has 1 aliphatic rings. The number of ether oxygens (including phenoxy) is 2. The monoisotopic (exact) mass is 384 g/mol. The van der Waals surface area contributed by atoms with Crippen LogP contribution in [0.15, 0.2) is 12.1 Å². The molecule has 0 atom stereocenters. The molecule has 1 amide bonds. The second kappa shape index (κ2) is 7.84. The third-order valence-corrected chi connectivity index (χ3v) is 6.22. The molecular weight excluding hydrogens is 356 g/mol. The van der Waals surface area contributed by atoms with Crippen LogP contribution in [0.1, 0.15) is 31.9 Å². The molecule has 1 aromatic carbocycles. The van der Waals surface area contributed by atoms with Crippen molar-refractivity contribution in [3.05, 3.63) is 23.3 Å². The Kier molecular flexibility index (Phi) is 6.18. The lowest BCUT2D eigenvalue weighted by Gasteiger charge is -2.29. The van der Waals surface area contributed by atoms with Gasteiger partial charge in [-0.05, 0) is 29.7 Å². The fraction of sp³-hybridized carbons (Fsp3) is 0.611. The van der Waals surface area contributed by atoms with Crippen molar-refractivity contribution in [1.82, 2.24) is 9.62 Å². The number of hydrogen-bond donors (Lipinski definition) is 1. The summed E-state index contributed by atoms with van der Waals surface area (Å²) in [7, 11) is -0.322. The molecule has 8 heteroatoms. The molecule has 0 aromatic heterocycles. The number of nitrogens with zero attached hydrogens (tertiary/aromatic N) is 1. The van der Waals surface area contributed by atoms with Gasteiger partial charge in [0.25, 0.3) is 0 Å². The van der Waals surface area contributed by atoms with Crippen molar-refractivity contribution in [2.75, 3.05) is 33.1 Å². The quantitative estimate of drug-likeness (QED) is 0.804. The van der Waals surface area contributed by atoms with Gasteiger partial charge in [0.1, 0.15) is 0 Å². The highest BCUT2D eigenvalue weighted by molar-refractivity contribution is 7.89. The van der Waals surface area contributed by atoms with Gasteiger partial charge in [0.05, 0.1) is 20.0 Å². The average Bonchev–Trinajstić information content (AvgIpc) is 2.58. The number of nitrogens with one attached hydrogen (secondary N) is 1. The summed E-state index contributed by atoms with van der Waals surface area (Å²) >= 11 is 0. The number of carbonyl (C=O) groups excluding carboxylic acids is 1. The maximum Gasteiger partial charge on any atom is 0.225 e. The Balaban J connectivity index is 2.05. The molecule has 1 N–H and O–H groups in total. The van der Waals surface area contributed by atoms with Crippen molar-refractivity contribution in [1.29, 1.82) is 0 Å². The van der Waals surface area contributed by atoms with E-state index in [1.807, 2.05) is 12.1 Å². The van der Waals surface area contributed by atoms with Crippen molar-refractivity contribution in [3.8, 4) is 11.5 Å². The molecule has 0 radical (unpaired) electrons. The zero-order valence-electron chi connectivity index (χ0n) is 16.1. The topological polar surface area (TPSA) is 84.9 Å². The molecule has 1 heterocycles. The Morgan fingerprint density at radius 2 is 1.73 bits per heavy atom. The predicted octanol–water partition coefficient (Wildman–Crippen LogP) is 1.55. The molecule has 0 bridgehead atoms. The summed E-state index contributed by atoms with van der Waals surface area (Å²) in [6, 6.07) is 3.74. The highest BCUT2D eigenvalue weighted by atomic mass is 32.2. The minimum Gasteiger partial charge on any atom is -0.493 e. The lowest BCUT2D eigenvalue weighted by atomic mass is 9.96. The highest BCUT2D eigenvalue weighted by Gasteiger charge is 2.28. The number of methoxy groups -OCH3 is 2. The zero-order chi connectivity index (χ0) is 19.5. The predicted molar refractivity (Wildman–Crippen MR) is 99.9 cm³/mol. The molecule has 2 rings (SSSR count). The molecule has 0 spiro atoms. The van der Waals surface area contributed by atoms with E-state index in [-0.39, 0.29) is 18.2 Å². The molecule has 26 heavy (non-hydrogen) atoms. The van der Waals surface area contributed by atoms with Crippen LogP contribution < -0.4 is 14.8 Å². The van der Waals surface area contributed by atoms with Crippen LogP contribution in [0.2, 0.25) is 0 Å². The fourth-order valence-electron chi connectivity index (χ4n) is 2.78. The SMILES string of the molecule is COc1cc2c(cc1OC)CN(S(=O)(=O)CCNC(=O)C(C)(C)C)CC2. The number of fused-ring (bicyclic) bond motifs is 1. The molecule has 1 aromatic rings. The first-order valence-corrected chi connectivity index (χ1v) is 10.2. The molecule has 0 fully saturated rings. The first kappa shape index (κ1) is 20.5. The van der Waals surface area contributed by atoms with Gasteiger partial charge >= 0.3 is 0 Å². The van der Waals surface area contributed by atoms with Crippen molar-refractivity contribution < 1.29 is 22.7 Å². The first-order valence-electron chi connectivity index (χ1n) is 8.58. The Bertz CT molecular complexity index is 769. The van der Waals surface area contributed by atoms with Crippen molar-refractivity contribution in [3.63, 3.8) is 0 Å². The zero-order valence-corrected chi connectivity index (χ0v) is 16.9. The summed E-state index contributed by atoms with van der Waals surface area (Å²) in [4.78, 5) is 11.9. The van der Waals surface area contributed by atoms with Gasteiger partial charge in [-0.3, -0.25) is 4.79 Å². The number of benzene rings is 1. The standard InChI is InChI=1S/C18H28N2O5S/c1-18(2,3)17(21)19-7-9-26(22,23)20-8-6-13-10-15(24-4)16(25-5)11-14(13)12-20/h10-11H,6-9,12H2,1-5H3,(H,19,21). The molecule has 0 aliphatic carbocycles. The van der Waals surface area contributed by atoms with Gasteiger partial charge in [0.2, 0.25) is 15.9 Å². The van der Waals surface area contributed by atoms with Gasteiger partial charge in [-0.15, -0.1) is 0 Å². The van der Waals surface area contributed by atoms with Gasteiger partial charge in [0.15, 0.2) is 11.5 Å². The van der Waals surface area contributed by atoms with E-state index in [4.69, 9.17) is 9.47 Å². The molecule has 0 unspecified atom stereocenters. The normalized spacial score (nSPS) is 15.3. The smallest absolute Gasteiger partial charge is 0.225 e. The van der Waals surface area contributed by atoms with Gasteiger partial charge in [0, 0.05) is 25.0 Å². The Morgan fingerprint density at radius 1 is 1.15 bits per heavy atom. The lowest BCUT2D eigenvalue weighted by Crippen LogP contribution is -2.42. The van der Waals surface area contributed by atoms with Crippen LogP contribution in [0, 0.1) is 5.41 Å². The van der Waals surface area contributed by atoms with Crippen molar-refractivity contribution >= 4 is 15.9 Å². The highest BCUT2D eigenvalue weighted by Crippen LogP contribution is 2.33. The molecule has 1 aliphatic heterocycles. The van der Waals surface area contributed by atoms with E-state index in [2.05, 4.69) is 5.32 Å². The van der Waals surface area contributed by atoms with Gasteiger partial charge < -0.3 is 14.8 Å². The maximum atomic E-state index is 12.6. The van der Waals surface area contributed by atoms with Gasteiger partial charge in [-0.2, -0.15) is 4.31 Å². The maximum absolute atomic E-state index is 12.6. The summed E-state index contributed by atoms with van der Waals surface area (Å²) in [6.07, 6.45) is 0.614. The largest absolute Gasteiger partial charge is 0.493 e. The summed E-state index contributed by atoms with van der Waals surface area (Å²) in [5.41, 5.74) is 1.44. The number of carbonyl (C=O) groups is 1. The first-order chi connectivity index (χ1) is 12.1. The summed E-state index contributed by atoms with van der Waals surface area (Å²) in [6.45, 7) is 6.19. The van der Waals surface area contributed by atoms with Crippen LogP contribution in [0.3, 0.4) is 0 Å². The van der Waals surface area contributed by atoms with E-state index in [0.717, 1.165) is 11.1 Å². The Labute approximate surface area is 155 Å². The number of amides is 1. The molecule has 0 saturated carbocycles. The van der Waals surface area contributed by atoms with Crippen LogP contribution >= 0.6 is 0 Å². The molecule has 146 valence electrons. The van der Waals surface area contributed by atoms with Gasteiger partial charge in [-0.1, -0.05) is 20.8 Å². The van der Waals surface area contributed by atoms with E-state index in [1.165, 1.54) is 4.31 Å². The average molecular weight is 384 g/mol. The summed E-state index contributed by atoms with van der Waals surface area (Å²) < 4.78 is 37.3. The van der Waals surface area contributed by atoms with Crippen LogP contribution in [0.4, 0.5) is 0 Å². The van der Waals surface area contributed by atoms with E-state index in [1.54, 1.807) is 35.0 Å². The van der Waals surface area contributed by atoms with Crippen LogP contribution in [-0.2, 0) is 27.8 Å². The third-order valence-electron chi connectivity index (χ3n) is 4.40. The van der Waals surface area contributed by atoms with E-state index in [0.29, 0.717) is 31.0 Å². The van der Waals surface area contributed by atoms with Crippen LogP contribution in [-0.4, -0.2) is 51.7 Å². The van der Waals surface area contributed by atoms with E-state index >= 15 is 0 Å². The van der Waals surface area contributed by atoms with Crippen LogP contribution in [0.5, 0.6) is 11.5 Å². The summed E-state index contributed by atoms with van der Waals surface area (Å²) in [5, 5.41) is 2.69. The van der Waals surface area contributed by atoms with E-state index in [9.17, 15) is 13.2 Å². The molecule has 0 saturated heterocycles. The number of hydrogen-bond acceptors (Lipinski definition) is 5.